The maximum Gasteiger partial charge on any atom is 0.340 e. The summed E-state index contributed by atoms with van der Waals surface area (Å²) in [5.41, 5.74) is 11.8. The molecule has 3 heterocycles. The van der Waals surface area contributed by atoms with Crippen molar-refractivity contribution >= 4 is 94.1 Å². The number of carboxylic acid groups (broad SMARTS) is 1. The van der Waals surface area contributed by atoms with E-state index in [0.717, 1.165) is 0 Å². The molecule has 1 spiro atoms. The molecule has 19 N–H and O–H groups in total. The first-order chi connectivity index (χ1) is 47.8. The third-order valence-corrected chi connectivity index (χ3v) is 17.6. The number of aliphatic hydroxyl groups excluding tert-OH is 2. The molecule has 1 saturated heterocycles. The number of fused-ring (bicyclic) bond motifs is 6. The lowest BCUT2D eigenvalue weighted by Crippen LogP contribution is -2.61. The first kappa shape index (κ1) is 80.1. The van der Waals surface area contributed by atoms with Crippen molar-refractivity contribution in [1.82, 2.24) is 52.8 Å². The monoisotopic (exact) mass is 1430 g/mol. The van der Waals surface area contributed by atoms with Crippen LogP contribution < -0.4 is 69.4 Å². The van der Waals surface area contributed by atoms with E-state index in [1.165, 1.54) is 43.0 Å². The van der Waals surface area contributed by atoms with Crippen LogP contribution in [0, 0.1) is 17.8 Å². The number of aliphatic hydroxyl groups is 2. The molecule has 32 nitrogen and oxygen atoms in total. The number of aliphatic imine (C=N–C) groups is 1. The summed E-state index contributed by atoms with van der Waals surface area (Å²) < 4.78 is 12.2. The number of nitrogens with two attached hydrogens (primary N) is 2. The minimum atomic E-state index is -1.68. The lowest BCUT2D eigenvalue weighted by molar-refractivity contribution is -0.145. The van der Waals surface area contributed by atoms with E-state index in [-0.39, 0.29) is 103 Å². The number of hydrogen-bond donors (Lipinski definition) is 17. The van der Waals surface area contributed by atoms with Gasteiger partial charge in [0.1, 0.15) is 77.4 Å². The number of unbranched alkanes of at least 4 members (excludes halogenated alkanes) is 2. The molecule has 0 saturated carbocycles. The summed E-state index contributed by atoms with van der Waals surface area (Å²) >= 11 is 5.53. The summed E-state index contributed by atoms with van der Waals surface area (Å²) in [6, 6.07) is 2.00. The van der Waals surface area contributed by atoms with Crippen LogP contribution in [-0.4, -0.2) is 194 Å². The molecule has 33 heteroatoms. The number of hydrogen-bond acceptors (Lipinski definition) is 19. The van der Waals surface area contributed by atoms with Gasteiger partial charge in [0.05, 0.1) is 18.8 Å². The molecule has 0 bridgehead atoms. The topological polar surface area (TPSA) is 495 Å². The van der Waals surface area contributed by atoms with Crippen molar-refractivity contribution in [2.75, 3.05) is 38.2 Å². The number of nitrogens with zero attached hydrogens (tertiary/aromatic N) is 2. The average Bonchev–Trinajstić information content (AvgIpc) is 1.60. The fourth-order valence-electron chi connectivity index (χ4n) is 11.9. The highest BCUT2D eigenvalue weighted by Gasteiger charge is 2.54. The van der Waals surface area contributed by atoms with Crippen LogP contribution in [0.25, 0.3) is 0 Å². The molecular weight excluding hydrogens is 1330 g/mol. The van der Waals surface area contributed by atoms with Crippen LogP contribution in [0.3, 0.4) is 0 Å². The van der Waals surface area contributed by atoms with E-state index < -0.39 is 144 Å². The van der Waals surface area contributed by atoms with E-state index in [9.17, 15) is 78.3 Å². The molecule has 0 radical (unpaired) electrons. The fourth-order valence-corrected chi connectivity index (χ4v) is 12.1. The first-order valence-corrected chi connectivity index (χ1v) is 34.2. The highest BCUT2D eigenvalue weighted by molar-refractivity contribution is 7.80. The average molecular weight is 1430 g/mol. The number of thiocarbonyl (C=S) groups is 1. The van der Waals surface area contributed by atoms with Crippen LogP contribution in [-0.2, 0) is 58.3 Å². The zero-order chi connectivity index (χ0) is 74.6. The summed E-state index contributed by atoms with van der Waals surface area (Å²) in [5.74, 6) is -9.94. The number of carboxylic acids is 1. The number of esters is 1. The Hall–Kier alpha value is -9.89. The molecule has 0 unspecified atom stereocenters. The number of phenolic OH excluding ortho intramolecular Hbond substituents is 2. The van der Waals surface area contributed by atoms with Gasteiger partial charge in [-0.3, -0.25) is 52.9 Å². The molecule has 1 fully saturated rings. The molecule has 0 aromatic heterocycles. The van der Waals surface area contributed by atoms with Crippen molar-refractivity contribution in [1.29, 1.82) is 0 Å². The zero-order valence-corrected chi connectivity index (χ0v) is 58.8. The van der Waals surface area contributed by atoms with Gasteiger partial charge in [0.2, 0.25) is 53.2 Å². The lowest BCUT2D eigenvalue weighted by atomic mass is 9.77. The minimum Gasteiger partial charge on any atom is -0.508 e. The summed E-state index contributed by atoms with van der Waals surface area (Å²) in [6.45, 7) is 11.9. The van der Waals surface area contributed by atoms with Crippen molar-refractivity contribution < 1.29 is 87.7 Å². The summed E-state index contributed by atoms with van der Waals surface area (Å²) in [5, 5.41) is 77.3. The number of ether oxygens (including phenoxy) is 2. The highest BCUT2D eigenvalue weighted by atomic mass is 32.1. The van der Waals surface area contributed by atoms with Gasteiger partial charge in [-0.15, -0.1) is 0 Å². The van der Waals surface area contributed by atoms with Crippen LogP contribution in [0.4, 0.5) is 5.69 Å². The Morgan fingerprint density at radius 1 is 0.653 bits per heavy atom. The van der Waals surface area contributed by atoms with Crippen LogP contribution in [0.5, 0.6) is 23.0 Å². The Morgan fingerprint density at radius 2 is 1.20 bits per heavy atom. The number of amides is 9. The van der Waals surface area contributed by atoms with E-state index in [0.29, 0.717) is 61.0 Å². The van der Waals surface area contributed by atoms with E-state index >= 15 is 0 Å². The normalized spacial score (nSPS) is 16.6. The smallest absolute Gasteiger partial charge is 0.340 e. The minimum absolute atomic E-state index is 0.00484. The predicted octanol–water partition coefficient (Wildman–Crippen LogP) is 0.683. The quantitative estimate of drug-likeness (QED) is 0.0125. The van der Waals surface area contributed by atoms with Crippen molar-refractivity contribution in [3.8, 4) is 23.0 Å². The number of nitrogens with one attached hydrogen (secondary N) is 10. The number of aromatic hydroxyl groups is 2. The number of benzene rings is 3. The van der Waals surface area contributed by atoms with Gasteiger partial charge >= 0.3 is 11.9 Å². The third kappa shape index (κ3) is 21.6. The van der Waals surface area contributed by atoms with Crippen LogP contribution in [0.15, 0.2) is 59.6 Å². The molecule has 552 valence electrons. The standard InChI is InChI=1S/C68H96N14O18S/c1-9-36(6)55(63(95)82-26-14-16-51(82)62(94)74-38(8)64(96)97)81-61(93)50(33-84)80-57(89)46(15-13-25-71-66(69)70)77-58(90)48(28-35(4)5)79-59(91)47(27-34(2)3)78-56(88)37(7)73-60(92)49(32-83)76-54(87)17-11-10-12-24-72-67(101)75-39-18-21-43-42(29-39)65(98)100-68(43)44-22-19-40(85)30-52(44)99-53-31-41(86)20-23-45(53)68/h18-23,29-31,34-38,46-51,55,83-86H,9-17,24-28,32-33H2,1-8H3,(H,73,92)(H,74,94)(H,76,87)(H,77,90)(H,78,88)(H,79,91)(H,80,89)(H,81,93)(H,96,97)(H4,69,70,71)(H2,72,75,101)/t36-,37-,38-,46-,47-,48-,49-,50-,51-,55-/m0/s1. The van der Waals surface area contributed by atoms with Gasteiger partial charge in [0.15, 0.2) is 16.7 Å². The Balaban J connectivity index is 0.988. The van der Waals surface area contributed by atoms with E-state index in [2.05, 4.69) is 58.2 Å². The molecule has 9 amide bonds. The van der Waals surface area contributed by atoms with Gasteiger partial charge in [-0.25, -0.2) is 4.79 Å². The molecule has 3 aliphatic heterocycles. The van der Waals surface area contributed by atoms with Crippen molar-refractivity contribution in [3.05, 3.63) is 76.9 Å². The van der Waals surface area contributed by atoms with Crippen molar-refractivity contribution in [2.45, 2.75) is 186 Å². The number of carbonyl (C=O) groups is 11. The van der Waals surface area contributed by atoms with E-state index in [1.54, 1.807) is 71.9 Å². The van der Waals surface area contributed by atoms with Gasteiger partial charge in [0.25, 0.3) is 0 Å². The Labute approximate surface area is 590 Å². The van der Waals surface area contributed by atoms with Crippen LogP contribution in [0.1, 0.15) is 153 Å². The molecule has 0 aliphatic carbocycles. The number of rotatable bonds is 36. The van der Waals surface area contributed by atoms with Gasteiger partial charge < -0.3 is 105 Å². The third-order valence-electron chi connectivity index (χ3n) is 17.4. The number of phenols is 2. The zero-order valence-electron chi connectivity index (χ0n) is 57.9. The molecule has 101 heavy (non-hydrogen) atoms. The molecule has 6 rings (SSSR count). The first-order valence-electron chi connectivity index (χ1n) is 33.8. The molecule has 3 aromatic rings. The Morgan fingerprint density at radius 3 is 1.77 bits per heavy atom. The Kier molecular flexibility index (Phi) is 29.3. The second-order valence-electron chi connectivity index (χ2n) is 26.3. The van der Waals surface area contributed by atoms with Crippen LogP contribution >= 0.6 is 12.2 Å². The summed E-state index contributed by atoms with van der Waals surface area (Å²) in [7, 11) is 0. The van der Waals surface area contributed by atoms with Gasteiger partial charge in [-0.1, -0.05) is 60.5 Å². The van der Waals surface area contributed by atoms with Gasteiger partial charge in [-0.05, 0) is 132 Å². The number of likely N-dealkylation sites (tertiary alicyclic amines) is 1. The number of aliphatic carboxylic acids is 1. The maximum atomic E-state index is 14.3. The summed E-state index contributed by atoms with van der Waals surface area (Å²) in [6.07, 6.45) is 2.54. The molecule has 3 aromatic carbocycles. The van der Waals surface area contributed by atoms with Gasteiger partial charge in [0, 0.05) is 60.6 Å². The van der Waals surface area contributed by atoms with Crippen molar-refractivity contribution in [2.24, 2.45) is 34.2 Å². The number of carbonyl (C=O) groups excluding carboxylic acids is 10. The maximum absolute atomic E-state index is 14.3. The summed E-state index contributed by atoms with van der Waals surface area (Å²) in [4.78, 5) is 154. The highest BCUT2D eigenvalue weighted by Crippen LogP contribution is 2.57. The predicted molar refractivity (Wildman–Crippen MR) is 372 cm³/mol. The molecule has 3 aliphatic rings. The van der Waals surface area contributed by atoms with E-state index in [1.807, 2.05) is 0 Å². The number of anilines is 1. The lowest BCUT2D eigenvalue weighted by Gasteiger charge is -2.36. The van der Waals surface area contributed by atoms with Gasteiger partial charge in [-0.2, -0.15) is 0 Å². The second-order valence-corrected chi connectivity index (χ2v) is 26.7. The second kappa shape index (κ2) is 37.0. The van der Waals surface area contributed by atoms with E-state index in [4.69, 9.17) is 33.2 Å². The fraction of sp³-hybridized carbons (Fsp3) is 0.544. The Bertz CT molecular complexity index is 3520. The molecule has 10 atom stereocenters. The number of guanidine groups is 1. The van der Waals surface area contributed by atoms with Crippen LogP contribution in [0.2, 0.25) is 0 Å². The largest absolute Gasteiger partial charge is 0.508 e. The SMILES string of the molecule is CC[C@H](C)[C@H](NC(=O)[C@H](CO)NC(=O)[C@H](CCCN=C(N)N)NC(=O)[C@H](CC(C)C)NC(=O)[C@H](CC(C)C)NC(=O)[C@H](C)NC(=O)[C@H](CO)NC(=O)CCCCCNC(=S)Nc1ccc2c(c1)C(=O)OC21c2ccc(O)cc2Oc2cc(O)ccc21)C(=O)N1CCC[C@H]1C(=O)N[C@@H](C)C(=O)O. The molecular formula is C68H96N14O18S. The van der Waals surface area contributed by atoms with Crippen molar-refractivity contribution in [3.63, 3.8) is 0 Å².